The van der Waals surface area contributed by atoms with Crippen molar-refractivity contribution in [3.63, 3.8) is 0 Å². The Labute approximate surface area is 229 Å². The van der Waals surface area contributed by atoms with Gasteiger partial charge in [0.25, 0.3) is 5.91 Å². The van der Waals surface area contributed by atoms with E-state index in [9.17, 15) is 23.5 Å². The van der Waals surface area contributed by atoms with Crippen molar-refractivity contribution in [1.29, 1.82) is 0 Å². The van der Waals surface area contributed by atoms with Crippen LogP contribution in [0.15, 0.2) is 66.7 Å². The molecule has 0 saturated heterocycles. The van der Waals surface area contributed by atoms with Crippen LogP contribution in [0.3, 0.4) is 0 Å². The molecule has 0 spiro atoms. The maximum atomic E-state index is 13.9. The van der Waals surface area contributed by atoms with E-state index in [1.54, 1.807) is 24.3 Å². The number of aryl methyl sites for hydroxylation is 1. The summed E-state index contributed by atoms with van der Waals surface area (Å²) in [6.45, 7) is 6.65. The number of rotatable bonds is 14. The normalized spacial score (nSPS) is 12.8. The van der Waals surface area contributed by atoms with Gasteiger partial charge in [-0.1, -0.05) is 57.2 Å². The zero-order valence-electron chi connectivity index (χ0n) is 22.8. The van der Waals surface area contributed by atoms with Crippen molar-refractivity contribution in [2.75, 3.05) is 6.54 Å². The fourth-order valence-corrected chi connectivity index (χ4v) is 4.69. The topological polar surface area (TPSA) is 78.4 Å². The molecule has 0 aliphatic rings. The molecule has 3 N–H and O–H groups in total. The molecule has 3 aromatic rings. The van der Waals surface area contributed by atoms with Gasteiger partial charge in [0.05, 0.1) is 12.1 Å². The molecule has 0 saturated carbocycles. The van der Waals surface area contributed by atoms with E-state index in [1.807, 2.05) is 26.0 Å². The van der Waals surface area contributed by atoms with Crippen molar-refractivity contribution >= 4 is 11.7 Å². The van der Waals surface area contributed by atoms with Gasteiger partial charge in [-0.15, -0.1) is 0 Å². The molecule has 0 aliphatic heterocycles. The molecule has 0 unspecified atom stereocenters. The third-order valence-corrected chi connectivity index (χ3v) is 7.01. The lowest BCUT2D eigenvalue weighted by Crippen LogP contribution is -2.48. The smallest absolute Gasteiger partial charge is 0.251 e. The Kier molecular flexibility index (Phi) is 11.3. The number of ketones is 1. The molecule has 7 heteroatoms. The summed E-state index contributed by atoms with van der Waals surface area (Å²) in [6.07, 6.45) is 1.30. The third-order valence-electron chi connectivity index (χ3n) is 7.01. The summed E-state index contributed by atoms with van der Waals surface area (Å²) in [5.41, 5.74) is 3.31. The minimum atomic E-state index is -1.05. The highest BCUT2D eigenvalue weighted by atomic mass is 19.1. The predicted octanol–water partition coefficient (Wildman–Crippen LogP) is 5.64. The molecule has 208 valence electrons. The minimum Gasteiger partial charge on any atom is -0.390 e. The van der Waals surface area contributed by atoms with Crippen LogP contribution in [0.4, 0.5) is 8.78 Å². The van der Waals surface area contributed by atoms with Gasteiger partial charge in [-0.3, -0.25) is 9.59 Å². The summed E-state index contributed by atoms with van der Waals surface area (Å²) >= 11 is 0. The quantitative estimate of drug-likeness (QED) is 0.233. The molecule has 1 amide bonds. The number of hydrogen-bond donors (Lipinski definition) is 3. The van der Waals surface area contributed by atoms with Crippen LogP contribution in [0, 0.1) is 17.6 Å². The number of aliphatic hydroxyl groups excluding tert-OH is 1. The van der Waals surface area contributed by atoms with Crippen LogP contribution in [-0.4, -0.2) is 35.5 Å². The molecule has 3 aromatic carbocycles. The lowest BCUT2D eigenvalue weighted by Gasteiger charge is -2.25. The second kappa shape index (κ2) is 14.7. The predicted molar refractivity (Wildman–Crippen MR) is 150 cm³/mol. The molecule has 2 atom stereocenters. The number of halogens is 2. The van der Waals surface area contributed by atoms with Crippen LogP contribution in [-0.2, 0) is 19.4 Å². The van der Waals surface area contributed by atoms with E-state index < -0.39 is 29.7 Å². The Morgan fingerprint density at radius 3 is 2.13 bits per heavy atom. The Hall–Kier alpha value is -3.42. The second-order valence-corrected chi connectivity index (χ2v) is 9.89. The van der Waals surface area contributed by atoms with Crippen molar-refractivity contribution in [3.8, 4) is 0 Å². The summed E-state index contributed by atoms with van der Waals surface area (Å²) in [5, 5.41) is 17.1. The highest BCUT2D eigenvalue weighted by Crippen LogP contribution is 2.18. The van der Waals surface area contributed by atoms with Gasteiger partial charge in [0.1, 0.15) is 11.6 Å². The van der Waals surface area contributed by atoms with Gasteiger partial charge in [-0.25, -0.2) is 8.78 Å². The van der Waals surface area contributed by atoms with E-state index >= 15 is 0 Å². The molecule has 0 fully saturated rings. The molecule has 0 radical (unpaired) electrons. The number of carbonyl (C=O) groups excluding carboxylic acids is 2. The second-order valence-electron chi connectivity index (χ2n) is 9.89. The Morgan fingerprint density at radius 2 is 1.46 bits per heavy atom. The molecular formula is C32H38F2N2O3. The molecule has 5 nitrogen and oxygen atoms in total. The van der Waals surface area contributed by atoms with E-state index in [0.717, 1.165) is 18.1 Å². The van der Waals surface area contributed by atoms with E-state index in [4.69, 9.17) is 0 Å². The molecule has 0 aromatic heterocycles. The van der Waals surface area contributed by atoms with Gasteiger partial charge < -0.3 is 15.7 Å². The number of Topliss-reactive ketones (excluding diaryl/α,β-unsaturated/α-hetero) is 1. The molecule has 0 aliphatic carbocycles. The van der Waals surface area contributed by atoms with Crippen LogP contribution >= 0.6 is 0 Å². The van der Waals surface area contributed by atoms with Crippen LogP contribution in [0.5, 0.6) is 0 Å². The summed E-state index contributed by atoms with van der Waals surface area (Å²) in [6, 6.07) is 16.9. The number of carbonyl (C=O) groups is 2. The Balaban J connectivity index is 1.76. The monoisotopic (exact) mass is 536 g/mol. The largest absolute Gasteiger partial charge is 0.390 e. The van der Waals surface area contributed by atoms with E-state index in [1.165, 1.54) is 17.7 Å². The zero-order chi connectivity index (χ0) is 28.4. The van der Waals surface area contributed by atoms with E-state index in [2.05, 4.69) is 29.7 Å². The zero-order valence-corrected chi connectivity index (χ0v) is 22.8. The van der Waals surface area contributed by atoms with Crippen molar-refractivity contribution in [3.05, 3.63) is 106 Å². The first-order chi connectivity index (χ1) is 18.7. The van der Waals surface area contributed by atoms with Gasteiger partial charge in [-0.2, -0.15) is 0 Å². The first-order valence-corrected chi connectivity index (χ1v) is 13.6. The fraction of sp³-hybridized carbons (Fsp3) is 0.375. The SMILES string of the molecule is CCc1cccc(CNC[C@H](O)[C@H](Cc2cc(F)cc(F)c2)NC(=O)c2cccc(C(=O)C(CC)CC)c2)c1. The summed E-state index contributed by atoms with van der Waals surface area (Å²) in [4.78, 5) is 26.1. The Morgan fingerprint density at radius 1 is 0.821 bits per heavy atom. The summed E-state index contributed by atoms with van der Waals surface area (Å²) in [7, 11) is 0. The van der Waals surface area contributed by atoms with Crippen LogP contribution in [0.25, 0.3) is 0 Å². The van der Waals surface area contributed by atoms with Gasteiger partial charge >= 0.3 is 0 Å². The van der Waals surface area contributed by atoms with Crippen LogP contribution < -0.4 is 10.6 Å². The number of hydrogen-bond acceptors (Lipinski definition) is 4. The molecule has 0 heterocycles. The van der Waals surface area contributed by atoms with Crippen molar-refractivity contribution < 1.29 is 23.5 Å². The number of amides is 1. The standard InChI is InChI=1S/C32H38F2N2O3/c1-4-21-9-7-10-22(13-21)19-35-20-30(37)29(16-23-14-27(33)18-28(34)15-23)36-32(39)26-12-8-11-25(17-26)31(38)24(5-2)6-3/h7-15,17-18,24,29-30,35,37H,4-6,16,19-20H2,1-3H3,(H,36,39)/t29-,30-/m0/s1. The first kappa shape index (κ1) is 30.1. The minimum absolute atomic E-state index is 0.0148. The lowest BCUT2D eigenvalue weighted by molar-refractivity contribution is 0.0829. The van der Waals surface area contributed by atoms with Crippen molar-refractivity contribution in [2.24, 2.45) is 5.92 Å². The highest BCUT2D eigenvalue weighted by molar-refractivity contribution is 6.01. The number of nitrogens with one attached hydrogen (secondary N) is 2. The Bertz CT molecular complexity index is 1240. The average Bonchev–Trinajstić information content (AvgIpc) is 2.92. The fourth-order valence-electron chi connectivity index (χ4n) is 4.69. The maximum Gasteiger partial charge on any atom is 0.251 e. The molecular weight excluding hydrogens is 498 g/mol. The van der Waals surface area contributed by atoms with Gasteiger partial charge in [0.15, 0.2) is 5.78 Å². The summed E-state index contributed by atoms with van der Waals surface area (Å²) < 4.78 is 27.7. The molecule has 3 rings (SSSR count). The lowest BCUT2D eigenvalue weighted by atomic mass is 9.92. The summed E-state index contributed by atoms with van der Waals surface area (Å²) in [5.74, 6) is -2.08. The highest BCUT2D eigenvalue weighted by Gasteiger charge is 2.24. The average molecular weight is 537 g/mol. The van der Waals surface area contributed by atoms with Gasteiger partial charge in [0, 0.05) is 36.2 Å². The third kappa shape index (κ3) is 8.80. The van der Waals surface area contributed by atoms with Crippen LogP contribution in [0.2, 0.25) is 0 Å². The van der Waals surface area contributed by atoms with Crippen molar-refractivity contribution in [1.82, 2.24) is 10.6 Å². The number of benzene rings is 3. The van der Waals surface area contributed by atoms with Gasteiger partial charge in [0.2, 0.25) is 0 Å². The van der Waals surface area contributed by atoms with E-state index in [-0.39, 0.29) is 30.2 Å². The molecule has 39 heavy (non-hydrogen) atoms. The number of aliphatic hydroxyl groups is 1. The van der Waals surface area contributed by atoms with Crippen molar-refractivity contribution in [2.45, 2.75) is 65.1 Å². The van der Waals surface area contributed by atoms with E-state index in [0.29, 0.717) is 30.5 Å². The first-order valence-electron chi connectivity index (χ1n) is 13.6. The molecule has 0 bridgehead atoms. The van der Waals surface area contributed by atoms with Gasteiger partial charge in [-0.05, 0) is 66.6 Å². The maximum absolute atomic E-state index is 13.9. The van der Waals surface area contributed by atoms with Crippen LogP contribution in [0.1, 0.15) is 71.0 Å².